The lowest BCUT2D eigenvalue weighted by atomic mass is 9.98. The summed E-state index contributed by atoms with van der Waals surface area (Å²) in [6.45, 7) is 4.84. The van der Waals surface area contributed by atoms with Gasteiger partial charge in [0.2, 0.25) is 5.91 Å². The summed E-state index contributed by atoms with van der Waals surface area (Å²) in [7, 11) is 0. The number of carbonyl (C=O) groups is 1. The Morgan fingerprint density at radius 2 is 1.72 bits per heavy atom. The molecule has 1 heterocycles. The molecule has 0 aliphatic carbocycles. The normalized spacial score (nSPS) is 17.2. The highest BCUT2D eigenvalue weighted by molar-refractivity contribution is 5.84. The fourth-order valence-corrected chi connectivity index (χ4v) is 3.43. The number of amides is 1. The van der Waals surface area contributed by atoms with Crippen LogP contribution in [0.4, 0.5) is 0 Å². The van der Waals surface area contributed by atoms with Crippen molar-refractivity contribution in [3.05, 3.63) is 65.7 Å². The van der Waals surface area contributed by atoms with Gasteiger partial charge < -0.3 is 15.3 Å². The summed E-state index contributed by atoms with van der Waals surface area (Å²) in [5, 5.41) is 13.2. The van der Waals surface area contributed by atoms with E-state index in [0.29, 0.717) is 5.56 Å². The largest absolute Gasteiger partial charge is 0.508 e. The van der Waals surface area contributed by atoms with Crippen molar-refractivity contribution in [1.29, 1.82) is 0 Å². The maximum atomic E-state index is 12.8. The van der Waals surface area contributed by atoms with Crippen LogP contribution in [0.1, 0.15) is 42.9 Å². The lowest BCUT2D eigenvalue weighted by Gasteiger charge is -2.26. The lowest BCUT2D eigenvalue weighted by Crippen LogP contribution is -2.38. The van der Waals surface area contributed by atoms with Crippen molar-refractivity contribution in [2.45, 2.75) is 31.7 Å². The second kappa shape index (κ2) is 8.17. The first-order valence-corrected chi connectivity index (χ1v) is 9.00. The molecule has 2 aromatic carbocycles. The summed E-state index contributed by atoms with van der Waals surface area (Å²) in [6, 6.07) is 17.1. The van der Waals surface area contributed by atoms with Crippen molar-refractivity contribution in [3.8, 4) is 5.75 Å². The van der Waals surface area contributed by atoms with Gasteiger partial charge in [-0.25, -0.2) is 0 Å². The van der Waals surface area contributed by atoms with Gasteiger partial charge in [0, 0.05) is 12.1 Å². The molecule has 1 aliphatic heterocycles. The third kappa shape index (κ3) is 4.40. The zero-order valence-electron chi connectivity index (χ0n) is 14.7. The summed E-state index contributed by atoms with van der Waals surface area (Å²) in [5.41, 5.74) is 1.78. The highest BCUT2D eigenvalue weighted by Crippen LogP contribution is 2.26. The second-order valence-electron chi connectivity index (χ2n) is 6.76. The number of para-hydroxylation sites is 1. The van der Waals surface area contributed by atoms with E-state index in [2.05, 4.69) is 22.3 Å². The number of carbonyl (C=O) groups excluding carboxylic acids is 1. The van der Waals surface area contributed by atoms with Crippen molar-refractivity contribution in [1.82, 2.24) is 10.2 Å². The topological polar surface area (TPSA) is 52.6 Å². The number of nitrogens with zero attached hydrogens (tertiary/aromatic N) is 1. The molecule has 25 heavy (non-hydrogen) atoms. The Bertz CT molecular complexity index is 696. The molecular formula is C21H26N2O2. The number of aromatic hydroxyl groups is 1. The van der Waals surface area contributed by atoms with E-state index < -0.39 is 5.92 Å². The Hall–Kier alpha value is -2.33. The molecule has 1 saturated heterocycles. The molecule has 132 valence electrons. The fourth-order valence-electron chi connectivity index (χ4n) is 3.43. The fraction of sp³-hybridized carbons (Fsp3) is 0.381. The van der Waals surface area contributed by atoms with Crippen LogP contribution >= 0.6 is 0 Å². The number of hydrogen-bond donors (Lipinski definition) is 2. The van der Waals surface area contributed by atoms with E-state index in [1.54, 1.807) is 18.2 Å². The van der Waals surface area contributed by atoms with Gasteiger partial charge in [-0.1, -0.05) is 48.5 Å². The Kier molecular flexibility index (Phi) is 5.71. The number of phenols is 1. The Morgan fingerprint density at radius 1 is 1.08 bits per heavy atom. The van der Waals surface area contributed by atoms with Crippen LogP contribution in [0.5, 0.6) is 5.75 Å². The van der Waals surface area contributed by atoms with Crippen LogP contribution in [0, 0.1) is 0 Å². The molecule has 0 bridgehead atoms. The predicted molar refractivity (Wildman–Crippen MR) is 99.5 cm³/mol. The molecule has 4 nitrogen and oxygen atoms in total. The monoisotopic (exact) mass is 338 g/mol. The molecule has 0 radical (unpaired) electrons. The Labute approximate surface area is 149 Å². The first kappa shape index (κ1) is 17.5. The highest BCUT2D eigenvalue weighted by Gasteiger charge is 2.24. The van der Waals surface area contributed by atoms with E-state index >= 15 is 0 Å². The summed E-state index contributed by atoms with van der Waals surface area (Å²) < 4.78 is 0. The van der Waals surface area contributed by atoms with Gasteiger partial charge in [0.05, 0.1) is 12.0 Å². The molecule has 4 heteroatoms. The molecule has 3 rings (SSSR count). The Morgan fingerprint density at radius 3 is 2.40 bits per heavy atom. The van der Waals surface area contributed by atoms with Gasteiger partial charge in [-0.15, -0.1) is 0 Å². The van der Waals surface area contributed by atoms with E-state index in [1.165, 1.54) is 12.8 Å². The van der Waals surface area contributed by atoms with Crippen molar-refractivity contribution in [2.75, 3.05) is 19.6 Å². The first-order chi connectivity index (χ1) is 12.1. The lowest BCUT2D eigenvalue weighted by molar-refractivity contribution is -0.123. The van der Waals surface area contributed by atoms with Gasteiger partial charge >= 0.3 is 0 Å². The number of rotatable bonds is 6. The third-order valence-corrected chi connectivity index (χ3v) is 4.95. The molecular weight excluding hydrogens is 312 g/mol. The van der Waals surface area contributed by atoms with Crippen LogP contribution in [0.15, 0.2) is 54.6 Å². The minimum atomic E-state index is -0.397. The smallest absolute Gasteiger partial charge is 0.227 e. The SMILES string of the molecule is CC(C(=O)NC(CN1CCCC1)c1ccccc1)c1ccccc1O. The molecule has 0 aromatic heterocycles. The van der Waals surface area contributed by atoms with E-state index in [9.17, 15) is 9.90 Å². The molecule has 1 amide bonds. The van der Waals surface area contributed by atoms with E-state index in [4.69, 9.17) is 0 Å². The summed E-state index contributed by atoms with van der Waals surface area (Å²) in [5.74, 6) is -0.290. The standard InChI is InChI=1S/C21H26N2O2/c1-16(18-11-5-6-12-20(18)24)21(25)22-19(15-23-13-7-8-14-23)17-9-3-2-4-10-17/h2-6,9-12,16,19,24H,7-8,13-15H2,1H3,(H,22,25). The second-order valence-corrected chi connectivity index (χ2v) is 6.76. The minimum absolute atomic E-state index is 0.0416. The average molecular weight is 338 g/mol. The Balaban J connectivity index is 1.74. The molecule has 0 spiro atoms. The summed E-state index contributed by atoms with van der Waals surface area (Å²) in [6.07, 6.45) is 2.45. The number of benzene rings is 2. The minimum Gasteiger partial charge on any atom is -0.508 e. The number of phenolic OH excluding ortho intramolecular Hbond substituents is 1. The molecule has 1 fully saturated rings. The van der Waals surface area contributed by atoms with Crippen LogP contribution in [0.2, 0.25) is 0 Å². The molecule has 2 atom stereocenters. The van der Waals surface area contributed by atoms with Crippen LogP contribution in [0.25, 0.3) is 0 Å². The van der Waals surface area contributed by atoms with Gasteiger partial charge in [0.25, 0.3) is 0 Å². The zero-order valence-corrected chi connectivity index (χ0v) is 14.7. The number of hydrogen-bond acceptors (Lipinski definition) is 3. The van der Waals surface area contributed by atoms with E-state index in [-0.39, 0.29) is 17.7 Å². The maximum absolute atomic E-state index is 12.8. The number of nitrogens with one attached hydrogen (secondary N) is 1. The molecule has 2 aromatic rings. The zero-order chi connectivity index (χ0) is 17.6. The van der Waals surface area contributed by atoms with Crippen molar-refractivity contribution < 1.29 is 9.90 Å². The third-order valence-electron chi connectivity index (χ3n) is 4.95. The van der Waals surface area contributed by atoms with Gasteiger partial charge in [-0.05, 0) is 44.5 Å². The van der Waals surface area contributed by atoms with E-state index in [0.717, 1.165) is 25.2 Å². The van der Waals surface area contributed by atoms with Gasteiger partial charge in [-0.3, -0.25) is 4.79 Å². The van der Waals surface area contributed by atoms with Crippen molar-refractivity contribution in [2.24, 2.45) is 0 Å². The van der Waals surface area contributed by atoms with Crippen LogP contribution in [-0.4, -0.2) is 35.5 Å². The highest BCUT2D eigenvalue weighted by atomic mass is 16.3. The van der Waals surface area contributed by atoms with Crippen LogP contribution < -0.4 is 5.32 Å². The average Bonchev–Trinajstić information content (AvgIpc) is 3.15. The molecule has 2 N–H and O–H groups in total. The molecule has 2 unspecified atom stereocenters. The van der Waals surface area contributed by atoms with Crippen LogP contribution in [-0.2, 0) is 4.79 Å². The summed E-state index contributed by atoms with van der Waals surface area (Å²) in [4.78, 5) is 15.2. The van der Waals surface area contributed by atoms with Gasteiger partial charge in [0.15, 0.2) is 0 Å². The van der Waals surface area contributed by atoms with Gasteiger partial charge in [-0.2, -0.15) is 0 Å². The van der Waals surface area contributed by atoms with Crippen molar-refractivity contribution in [3.63, 3.8) is 0 Å². The van der Waals surface area contributed by atoms with Crippen LogP contribution in [0.3, 0.4) is 0 Å². The summed E-state index contributed by atoms with van der Waals surface area (Å²) >= 11 is 0. The molecule has 0 saturated carbocycles. The van der Waals surface area contributed by atoms with Crippen molar-refractivity contribution >= 4 is 5.91 Å². The first-order valence-electron chi connectivity index (χ1n) is 9.00. The van der Waals surface area contributed by atoms with E-state index in [1.807, 2.05) is 31.2 Å². The molecule has 1 aliphatic rings. The number of likely N-dealkylation sites (tertiary alicyclic amines) is 1. The predicted octanol–water partition coefficient (Wildman–Crippen LogP) is 3.45. The quantitative estimate of drug-likeness (QED) is 0.848. The van der Waals surface area contributed by atoms with Gasteiger partial charge in [0.1, 0.15) is 5.75 Å². The maximum Gasteiger partial charge on any atom is 0.227 e.